The van der Waals surface area contributed by atoms with Crippen LogP contribution in [0, 0.1) is 0 Å². The Kier molecular flexibility index (Phi) is 5.32. The maximum Gasteiger partial charge on any atom is 0.212 e. The molecule has 0 aliphatic rings. The molecule has 0 aromatic carbocycles. The number of carbonyl (C=O) groups is 1. The number of thioether (sulfide) groups is 1. The van der Waals surface area contributed by atoms with Gasteiger partial charge in [0.05, 0.1) is 7.11 Å². The Balaban J connectivity index is 2.79. The number of nitrogens with zero attached hydrogens (tertiary/aromatic N) is 1. The Bertz CT molecular complexity index is 337. The Labute approximate surface area is 101 Å². The smallest absolute Gasteiger partial charge is 0.212 e. The van der Waals surface area contributed by atoms with Crippen LogP contribution in [0.25, 0.3) is 0 Å². The first-order valence-corrected chi connectivity index (χ1v) is 6.33. The summed E-state index contributed by atoms with van der Waals surface area (Å²) in [4.78, 5) is 15.3. The van der Waals surface area contributed by atoms with Gasteiger partial charge in [0.25, 0.3) is 0 Å². The lowest BCUT2D eigenvalue weighted by atomic mass is 10.1. The second kappa shape index (κ2) is 6.53. The van der Waals surface area contributed by atoms with E-state index in [2.05, 4.69) is 11.9 Å². The highest BCUT2D eigenvalue weighted by Gasteiger charge is 2.14. The third kappa shape index (κ3) is 3.85. The lowest BCUT2D eigenvalue weighted by Crippen LogP contribution is -2.02. The fourth-order valence-corrected chi connectivity index (χ4v) is 2.53. The van der Waals surface area contributed by atoms with Crippen molar-refractivity contribution in [1.29, 1.82) is 0 Å². The molecule has 0 aliphatic heterocycles. The largest absolute Gasteiger partial charge is 0.481 e. The zero-order valence-corrected chi connectivity index (χ0v) is 10.7. The normalized spacial score (nSPS) is 12.2. The molecule has 1 rings (SSSR count). The van der Waals surface area contributed by atoms with Crippen molar-refractivity contribution in [2.24, 2.45) is 0 Å². The van der Waals surface area contributed by atoms with E-state index >= 15 is 0 Å². The molecule has 1 unspecified atom stereocenters. The molecule has 0 bridgehead atoms. The third-order valence-corrected chi connectivity index (χ3v) is 3.36. The van der Waals surface area contributed by atoms with Crippen LogP contribution in [0.4, 0.5) is 0 Å². The van der Waals surface area contributed by atoms with E-state index in [1.165, 1.54) is 0 Å². The number of rotatable bonds is 6. The summed E-state index contributed by atoms with van der Waals surface area (Å²) in [6.45, 7) is 3.72. The van der Waals surface area contributed by atoms with Gasteiger partial charge in [-0.3, -0.25) is 4.79 Å². The zero-order valence-electron chi connectivity index (χ0n) is 9.90. The van der Waals surface area contributed by atoms with E-state index in [1.807, 2.05) is 12.1 Å². The van der Waals surface area contributed by atoms with Crippen molar-refractivity contribution in [3.63, 3.8) is 0 Å². The first-order chi connectivity index (χ1) is 7.67. The highest BCUT2D eigenvalue weighted by molar-refractivity contribution is 7.99. The van der Waals surface area contributed by atoms with Crippen molar-refractivity contribution in [3.8, 4) is 5.88 Å². The number of carbonyl (C=O) groups excluding carboxylic acids is 1. The maximum absolute atomic E-state index is 11.2. The Morgan fingerprint density at radius 2 is 2.31 bits per heavy atom. The van der Waals surface area contributed by atoms with Gasteiger partial charge in [-0.15, -0.1) is 0 Å². The van der Waals surface area contributed by atoms with Gasteiger partial charge < -0.3 is 4.74 Å². The Morgan fingerprint density at radius 3 is 2.75 bits per heavy atom. The summed E-state index contributed by atoms with van der Waals surface area (Å²) in [5.41, 5.74) is 1.09. The number of ether oxygens (including phenoxy) is 1. The van der Waals surface area contributed by atoms with Crippen LogP contribution in [0.2, 0.25) is 0 Å². The fourth-order valence-electron chi connectivity index (χ4n) is 1.44. The van der Waals surface area contributed by atoms with E-state index in [0.717, 1.165) is 11.3 Å². The molecule has 1 aromatic heterocycles. The summed E-state index contributed by atoms with van der Waals surface area (Å²) in [5.74, 6) is 1.80. The van der Waals surface area contributed by atoms with Crippen LogP contribution in [0.3, 0.4) is 0 Å². The second-order valence-electron chi connectivity index (χ2n) is 3.48. The van der Waals surface area contributed by atoms with Crippen molar-refractivity contribution >= 4 is 17.5 Å². The summed E-state index contributed by atoms with van der Waals surface area (Å²) in [6.07, 6.45) is 2.35. The average molecular weight is 239 g/mol. The molecule has 0 aliphatic carbocycles. The molecular formula is C12H17NO2S. The molecule has 0 saturated heterocycles. The standard InChI is InChI=1S/C12H17NO2S/c1-4-16-11(7-9(2)14)10-5-6-12(15-3)13-8-10/h5-6,8,11H,4,7H2,1-3H3. The summed E-state index contributed by atoms with van der Waals surface area (Å²) >= 11 is 1.77. The highest BCUT2D eigenvalue weighted by atomic mass is 32.2. The van der Waals surface area contributed by atoms with Gasteiger partial charge in [0, 0.05) is 23.9 Å². The lowest BCUT2D eigenvalue weighted by Gasteiger charge is -2.14. The Morgan fingerprint density at radius 1 is 1.56 bits per heavy atom. The molecular weight excluding hydrogens is 222 g/mol. The Hall–Kier alpha value is -1.03. The molecule has 0 N–H and O–H groups in total. The van der Waals surface area contributed by atoms with E-state index in [9.17, 15) is 4.79 Å². The molecule has 1 aromatic rings. The van der Waals surface area contributed by atoms with Gasteiger partial charge in [0.2, 0.25) is 5.88 Å². The SMILES string of the molecule is CCSC(CC(C)=O)c1ccc(OC)nc1. The van der Waals surface area contributed by atoms with Crippen molar-refractivity contribution in [3.05, 3.63) is 23.9 Å². The first-order valence-electron chi connectivity index (χ1n) is 5.28. The number of pyridine rings is 1. The molecule has 88 valence electrons. The quantitative estimate of drug-likeness (QED) is 0.765. The molecule has 0 amide bonds. The number of methoxy groups -OCH3 is 1. The number of ketones is 1. The predicted octanol–water partition coefficient (Wildman–Crippen LogP) is 2.86. The van der Waals surface area contributed by atoms with Gasteiger partial charge in [0.15, 0.2) is 0 Å². The molecule has 1 atom stereocenters. The molecule has 1 heterocycles. The minimum atomic E-state index is 0.209. The van der Waals surface area contributed by atoms with E-state index in [-0.39, 0.29) is 11.0 Å². The summed E-state index contributed by atoms with van der Waals surface area (Å²) in [7, 11) is 1.59. The van der Waals surface area contributed by atoms with E-state index in [0.29, 0.717) is 12.3 Å². The van der Waals surface area contributed by atoms with Gasteiger partial charge in [-0.25, -0.2) is 4.98 Å². The van der Waals surface area contributed by atoms with Crippen LogP contribution >= 0.6 is 11.8 Å². The maximum atomic E-state index is 11.2. The number of Topliss-reactive ketones (excluding diaryl/α,β-unsaturated/α-hetero) is 1. The molecule has 16 heavy (non-hydrogen) atoms. The van der Waals surface area contributed by atoms with Crippen molar-refractivity contribution < 1.29 is 9.53 Å². The highest BCUT2D eigenvalue weighted by Crippen LogP contribution is 2.32. The van der Waals surface area contributed by atoms with Crippen LogP contribution < -0.4 is 4.74 Å². The van der Waals surface area contributed by atoms with Gasteiger partial charge >= 0.3 is 0 Å². The fraction of sp³-hybridized carbons (Fsp3) is 0.500. The number of hydrogen-bond donors (Lipinski definition) is 0. The molecule has 0 radical (unpaired) electrons. The van der Waals surface area contributed by atoms with E-state index in [4.69, 9.17) is 4.74 Å². The summed E-state index contributed by atoms with van der Waals surface area (Å²) in [6, 6.07) is 3.81. The van der Waals surface area contributed by atoms with E-state index < -0.39 is 0 Å². The topological polar surface area (TPSA) is 39.2 Å². The molecule has 0 saturated carbocycles. The van der Waals surface area contributed by atoms with E-state index in [1.54, 1.807) is 32.0 Å². The molecule has 0 fully saturated rings. The van der Waals surface area contributed by atoms with Crippen molar-refractivity contribution in [2.75, 3.05) is 12.9 Å². The van der Waals surface area contributed by atoms with Crippen LogP contribution in [0.15, 0.2) is 18.3 Å². The van der Waals surface area contributed by atoms with Crippen LogP contribution in [0.1, 0.15) is 31.1 Å². The first kappa shape index (κ1) is 13.0. The van der Waals surface area contributed by atoms with Crippen molar-refractivity contribution in [1.82, 2.24) is 4.98 Å². The van der Waals surface area contributed by atoms with Gasteiger partial charge in [0.1, 0.15) is 5.78 Å². The molecule has 3 nitrogen and oxygen atoms in total. The lowest BCUT2D eigenvalue weighted by molar-refractivity contribution is -0.117. The minimum Gasteiger partial charge on any atom is -0.481 e. The summed E-state index contributed by atoms with van der Waals surface area (Å²) in [5, 5.41) is 0.209. The van der Waals surface area contributed by atoms with Gasteiger partial charge in [-0.05, 0) is 18.2 Å². The molecule has 0 spiro atoms. The van der Waals surface area contributed by atoms with Gasteiger partial charge in [-0.2, -0.15) is 11.8 Å². The minimum absolute atomic E-state index is 0.209. The zero-order chi connectivity index (χ0) is 12.0. The van der Waals surface area contributed by atoms with Gasteiger partial charge in [-0.1, -0.05) is 13.0 Å². The van der Waals surface area contributed by atoms with Crippen LogP contribution in [-0.4, -0.2) is 23.6 Å². The summed E-state index contributed by atoms with van der Waals surface area (Å²) < 4.78 is 5.01. The average Bonchev–Trinajstić information content (AvgIpc) is 2.28. The monoisotopic (exact) mass is 239 g/mol. The predicted molar refractivity (Wildman–Crippen MR) is 67.0 cm³/mol. The number of aromatic nitrogens is 1. The second-order valence-corrected chi connectivity index (χ2v) is 4.96. The number of hydrogen-bond acceptors (Lipinski definition) is 4. The van der Waals surface area contributed by atoms with Crippen LogP contribution in [0.5, 0.6) is 5.88 Å². The van der Waals surface area contributed by atoms with Crippen molar-refractivity contribution in [2.45, 2.75) is 25.5 Å². The van der Waals surface area contributed by atoms with Crippen LogP contribution in [-0.2, 0) is 4.79 Å². The third-order valence-electron chi connectivity index (χ3n) is 2.18. The molecule has 4 heteroatoms.